The average Bonchev–Trinajstić information content (AvgIpc) is 4.11. The number of nitrogens with one attached hydrogen (secondary N) is 3. The van der Waals surface area contributed by atoms with E-state index in [0.717, 1.165) is 32.5 Å². The summed E-state index contributed by atoms with van der Waals surface area (Å²) in [6, 6.07) is 17.1. The van der Waals surface area contributed by atoms with Crippen LogP contribution in [0, 0.1) is 17.8 Å². The molecule has 5 aliphatic heterocycles. The second-order valence-corrected chi connectivity index (χ2v) is 18.6. The topological polar surface area (TPSA) is 188 Å². The van der Waals surface area contributed by atoms with Gasteiger partial charge in [0.1, 0.15) is 25.3 Å². The molecule has 3 N–H and O–H groups in total. The molecule has 0 saturated carbocycles. The van der Waals surface area contributed by atoms with Crippen LogP contribution in [0.15, 0.2) is 60.7 Å². The molecular formula is C49H69N7O10. The molecule has 17 heteroatoms. The van der Waals surface area contributed by atoms with E-state index in [1.54, 1.807) is 30.7 Å². The SMILES string of the molecule is CC[C@@H](C)C(=O)N[C@H]1COC(=O)CCC(=O)OC[C@H](NC(=O)[C@H](C)NC)C(=O)N2C[C@@H](OCCO[C@@H]3CN(C1=O)[C@@H]1CN(CCc4ccccc4)C[C@@H]13)[C@H]1CN(CCc3ccccc3)C[C@H]12. The van der Waals surface area contributed by atoms with Crippen LogP contribution in [-0.4, -0.2) is 183 Å². The molecule has 4 amide bonds. The van der Waals surface area contributed by atoms with E-state index in [0.29, 0.717) is 32.6 Å². The number of hydrogen-bond acceptors (Lipinski definition) is 13. The first kappa shape index (κ1) is 49.0. The number of likely N-dealkylation sites (tertiary alicyclic amines) is 2. The maximum atomic E-state index is 14.6. The lowest BCUT2D eigenvalue weighted by molar-refractivity contribution is -0.154. The van der Waals surface area contributed by atoms with E-state index in [1.165, 1.54) is 11.1 Å². The van der Waals surface area contributed by atoms with Crippen molar-refractivity contribution in [1.29, 1.82) is 0 Å². The Bertz CT molecular complexity index is 1840. The molecule has 7 rings (SSSR count). The van der Waals surface area contributed by atoms with E-state index in [2.05, 4.69) is 50.0 Å². The molecular weight excluding hydrogens is 847 g/mol. The normalized spacial score (nSPS) is 29.2. The van der Waals surface area contributed by atoms with Crippen molar-refractivity contribution in [3.05, 3.63) is 71.8 Å². The maximum absolute atomic E-state index is 14.6. The summed E-state index contributed by atoms with van der Waals surface area (Å²) in [5.74, 6) is -3.44. The number of ether oxygens (including phenoxy) is 4. The first-order chi connectivity index (χ1) is 31.9. The van der Waals surface area contributed by atoms with E-state index < -0.39 is 49.2 Å². The number of esters is 2. The Morgan fingerprint density at radius 1 is 0.636 bits per heavy atom. The third-order valence-corrected chi connectivity index (χ3v) is 14.2. The van der Waals surface area contributed by atoms with E-state index in [1.807, 2.05) is 43.3 Å². The van der Waals surface area contributed by atoms with Crippen LogP contribution in [0.3, 0.4) is 0 Å². The first-order valence-electron chi connectivity index (χ1n) is 23.9. The molecule has 5 heterocycles. The van der Waals surface area contributed by atoms with Crippen molar-refractivity contribution in [2.75, 3.05) is 85.8 Å². The highest BCUT2D eigenvalue weighted by Gasteiger charge is 2.52. The van der Waals surface area contributed by atoms with Crippen LogP contribution in [0.1, 0.15) is 51.2 Å². The Morgan fingerprint density at radius 3 is 1.50 bits per heavy atom. The predicted octanol–water partition coefficient (Wildman–Crippen LogP) is 1.03. The zero-order valence-electron chi connectivity index (χ0n) is 38.9. The highest BCUT2D eigenvalue weighted by atomic mass is 16.5. The zero-order chi connectivity index (χ0) is 46.7. The summed E-state index contributed by atoms with van der Waals surface area (Å²) in [6.45, 7) is 9.79. The van der Waals surface area contributed by atoms with E-state index in [-0.39, 0.29) is 92.4 Å². The summed E-state index contributed by atoms with van der Waals surface area (Å²) < 4.78 is 24.4. The summed E-state index contributed by atoms with van der Waals surface area (Å²) in [5, 5.41) is 8.54. The van der Waals surface area contributed by atoms with Gasteiger partial charge in [0.15, 0.2) is 0 Å². The van der Waals surface area contributed by atoms with E-state index in [4.69, 9.17) is 18.9 Å². The minimum absolute atomic E-state index is 0.0134. The fraction of sp³-hybridized carbons (Fsp3) is 0.633. The lowest BCUT2D eigenvalue weighted by Gasteiger charge is -2.30. The Labute approximate surface area is 388 Å². The van der Waals surface area contributed by atoms with Crippen LogP contribution in [-0.2, 0) is 60.6 Å². The minimum atomic E-state index is -1.19. The summed E-state index contributed by atoms with van der Waals surface area (Å²) in [5.41, 5.74) is 2.44. The molecule has 17 nitrogen and oxygen atoms in total. The number of benzene rings is 2. The molecule has 2 aromatic rings. The first-order valence-corrected chi connectivity index (χ1v) is 23.9. The van der Waals surface area contributed by atoms with Gasteiger partial charge in [-0.3, -0.25) is 28.8 Å². The van der Waals surface area contributed by atoms with Crippen LogP contribution >= 0.6 is 0 Å². The van der Waals surface area contributed by atoms with Crippen molar-refractivity contribution >= 4 is 35.6 Å². The van der Waals surface area contributed by atoms with Gasteiger partial charge in [0.25, 0.3) is 0 Å². The van der Waals surface area contributed by atoms with E-state index in [9.17, 15) is 28.8 Å². The molecule has 4 bridgehead atoms. The van der Waals surface area contributed by atoms with E-state index >= 15 is 0 Å². The van der Waals surface area contributed by atoms with Gasteiger partial charge in [0.2, 0.25) is 23.6 Å². The molecule has 5 saturated heterocycles. The molecule has 0 aliphatic carbocycles. The third-order valence-electron chi connectivity index (χ3n) is 14.2. The molecule has 0 unspecified atom stereocenters. The Hall–Kier alpha value is -4.94. The minimum Gasteiger partial charge on any atom is -0.463 e. The number of amides is 4. The van der Waals surface area contributed by atoms with Crippen molar-refractivity contribution in [2.24, 2.45) is 17.8 Å². The van der Waals surface area contributed by atoms with Crippen molar-refractivity contribution < 1.29 is 47.7 Å². The number of hydrogen-bond donors (Lipinski definition) is 3. The van der Waals surface area contributed by atoms with Gasteiger partial charge in [-0.25, -0.2) is 0 Å². The van der Waals surface area contributed by atoms with Crippen LogP contribution in [0.2, 0.25) is 0 Å². The lowest BCUT2D eigenvalue weighted by atomic mass is 10.0. The fourth-order valence-corrected chi connectivity index (χ4v) is 9.97. The summed E-state index contributed by atoms with van der Waals surface area (Å²) >= 11 is 0. The smallest absolute Gasteiger partial charge is 0.306 e. The van der Waals surface area contributed by atoms with Crippen molar-refractivity contribution in [3.63, 3.8) is 0 Å². The van der Waals surface area contributed by atoms with Crippen molar-refractivity contribution in [1.82, 2.24) is 35.6 Å². The molecule has 0 aromatic heterocycles. The third kappa shape index (κ3) is 12.3. The van der Waals surface area contributed by atoms with Gasteiger partial charge in [-0.05, 0) is 44.4 Å². The summed E-state index contributed by atoms with van der Waals surface area (Å²) in [4.78, 5) is 90.3. The van der Waals surface area contributed by atoms with Crippen LogP contribution in [0.4, 0.5) is 0 Å². The monoisotopic (exact) mass is 916 g/mol. The Kier molecular flexibility index (Phi) is 17.2. The average molecular weight is 916 g/mol. The largest absolute Gasteiger partial charge is 0.463 e. The quantitative estimate of drug-likeness (QED) is 0.257. The lowest BCUT2D eigenvalue weighted by Crippen LogP contribution is -2.56. The number of nitrogens with zero attached hydrogens (tertiary/aromatic N) is 4. The number of carbonyl (C=O) groups excluding carboxylic acids is 6. The molecule has 5 fully saturated rings. The number of carbonyl (C=O) groups is 6. The van der Waals surface area contributed by atoms with Crippen molar-refractivity contribution in [2.45, 2.75) is 95.3 Å². The second kappa shape index (κ2) is 23.2. The zero-order valence-corrected chi connectivity index (χ0v) is 38.9. The summed E-state index contributed by atoms with van der Waals surface area (Å²) in [6.07, 6.45) is 0.860. The molecule has 0 spiro atoms. The van der Waals surface area contributed by atoms with Gasteiger partial charge in [-0.1, -0.05) is 74.5 Å². The molecule has 66 heavy (non-hydrogen) atoms. The van der Waals surface area contributed by atoms with Gasteiger partial charge in [0.05, 0.1) is 56.4 Å². The molecule has 10 atom stereocenters. The molecule has 2 aromatic carbocycles. The van der Waals surface area contributed by atoms with Gasteiger partial charge in [0, 0.05) is 70.1 Å². The Morgan fingerprint density at radius 2 is 1.08 bits per heavy atom. The standard InChI is InChI=1S/C49H69N7O10/c1-5-32(2)46(59)51-38-30-65-44(57)16-17-45(58)66-31-39(52-47(60)33(3)50-4)49(62)56-29-43(37-25-54(27-41(37)56)21-19-35-14-10-7-11-15-35)64-23-22-63-42-28-55(48(38)61)40-26-53(24-36(40)42)20-18-34-12-8-6-9-13-34/h6-15,32-33,36-43,50H,5,16-31H2,1-4H3,(H,51,59)(H,52,60)/t32-,33+,36+,37+,38+,39+,40-,41-,42-,43-/m1/s1. The number of rotatable bonds is 12. The van der Waals surface area contributed by atoms with Gasteiger partial charge in [-0.2, -0.15) is 0 Å². The fourth-order valence-electron chi connectivity index (χ4n) is 9.97. The van der Waals surface area contributed by atoms with Crippen LogP contribution < -0.4 is 16.0 Å². The van der Waals surface area contributed by atoms with Crippen LogP contribution in [0.5, 0.6) is 0 Å². The van der Waals surface area contributed by atoms with Crippen LogP contribution in [0.25, 0.3) is 0 Å². The Balaban J connectivity index is 1.12. The number of cyclic esters (lactones) is 2. The van der Waals surface area contributed by atoms with Gasteiger partial charge in [-0.15, -0.1) is 0 Å². The molecule has 0 radical (unpaired) electrons. The summed E-state index contributed by atoms with van der Waals surface area (Å²) in [7, 11) is 1.64. The predicted molar refractivity (Wildman–Crippen MR) is 244 cm³/mol. The highest BCUT2D eigenvalue weighted by Crippen LogP contribution is 2.36. The number of likely N-dealkylation sites (N-methyl/N-ethyl adjacent to an activating group) is 1. The second-order valence-electron chi connectivity index (χ2n) is 18.6. The van der Waals surface area contributed by atoms with Gasteiger partial charge >= 0.3 is 11.9 Å². The molecule has 5 aliphatic rings. The number of fused-ring (bicyclic) bond motifs is 10. The van der Waals surface area contributed by atoms with Gasteiger partial charge < -0.3 is 54.5 Å². The molecule has 360 valence electrons. The maximum Gasteiger partial charge on any atom is 0.306 e. The highest BCUT2D eigenvalue weighted by molar-refractivity contribution is 5.91. The van der Waals surface area contributed by atoms with Crippen molar-refractivity contribution in [3.8, 4) is 0 Å².